The van der Waals surface area contributed by atoms with Gasteiger partial charge in [-0.25, -0.2) is 14.0 Å². The number of rotatable bonds is 2. The monoisotopic (exact) mass is 634 g/mol. The van der Waals surface area contributed by atoms with E-state index >= 15 is 4.39 Å². The second kappa shape index (κ2) is 12.4. The minimum Gasteiger partial charge on any atom is -0.453 e. The number of piperidine rings is 1. The van der Waals surface area contributed by atoms with Crippen LogP contribution in [0.4, 0.5) is 31.0 Å². The van der Waals surface area contributed by atoms with Crippen LogP contribution in [0.5, 0.6) is 0 Å². The third-order valence-corrected chi connectivity index (χ3v) is 8.80. The fourth-order valence-electron chi connectivity index (χ4n) is 6.50. The zero-order valence-electron chi connectivity index (χ0n) is 24.6. The van der Waals surface area contributed by atoms with Crippen LogP contribution >= 0.6 is 11.6 Å². The molecule has 4 amide bonds. The van der Waals surface area contributed by atoms with Gasteiger partial charge in [-0.2, -0.15) is 0 Å². The Hall–Kier alpha value is -4.64. The van der Waals surface area contributed by atoms with E-state index in [1.165, 1.54) is 19.2 Å². The number of hydrogen-bond acceptors (Lipinski definition) is 6. The number of nitrogens with zero attached hydrogens (tertiary/aromatic N) is 1. The van der Waals surface area contributed by atoms with Gasteiger partial charge < -0.3 is 19.7 Å². The van der Waals surface area contributed by atoms with Crippen LogP contribution in [-0.2, 0) is 24.7 Å². The maximum atomic E-state index is 15.3. The van der Waals surface area contributed by atoms with Crippen molar-refractivity contribution in [2.24, 2.45) is 0 Å². The first-order valence-corrected chi connectivity index (χ1v) is 15.2. The number of methoxy groups -OCH3 is 1. The maximum absolute atomic E-state index is 15.3. The lowest BCUT2D eigenvalue weighted by Gasteiger charge is -2.45. The standard InChI is InChI=1S/C33H32ClFN4O6/c1-44-31(42)36-23-8-9-24-19-13-20(15-22(35)14-19)25(5-2-3-6-29(40)37-28(24)17-23)30(41)39-12-4-11-33(18-39)26-16-21(34)7-10-27(26)38-32(43)45-33/h7-10,13-17,25H,2-6,11-12,18H2,1H3,(H,36,42)(H,37,40)(H,38,43)/t25-,33+/m1/s1. The fourth-order valence-corrected chi connectivity index (χ4v) is 6.67. The number of anilines is 3. The SMILES string of the molecule is COC(=O)Nc1ccc2c(c1)NC(=O)CCCC[C@@H](C(=O)N1CCC[C@@]3(C1)OC(=O)Nc1ccc(Cl)cc13)c1cc(F)cc-2c1. The first-order chi connectivity index (χ1) is 21.6. The van der Waals surface area contributed by atoms with Crippen molar-refractivity contribution >= 4 is 52.7 Å². The highest BCUT2D eigenvalue weighted by Gasteiger charge is 2.47. The van der Waals surface area contributed by atoms with Crippen molar-refractivity contribution in [2.45, 2.75) is 50.0 Å². The highest BCUT2D eigenvalue weighted by Crippen LogP contribution is 2.44. The van der Waals surface area contributed by atoms with E-state index in [0.717, 1.165) is 0 Å². The summed E-state index contributed by atoms with van der Waals surface area (Å²) in [6.07, 6.45) is 1.50. The zero-order chi connectivity index (χ0) is 31.7. The van der Waals surface area contributed by atoms with E-state index in [4.69, 9.17) is 16.3 Å². The molecule has 2 bridgehead atoms. The number of carbonyl (C=O) groups excluding carboxylic acids is 4. The van der Waals surface area contributed by atoms with E-state index < -0.39 is 29.5 Å². The molecular weight excluding hydrogens is 603 g/mol. The molecule has 0 unspecified atom stereocenters. The Morgan fingerprint density at radius 3 is 2.71 bits per heavy atom. The van der Waals surface area contributed by atoms with Crippen LogP contribution in [0.3, 0.4) is 0 Å². The summed E-state index contributed by atoms with van der Waals surface area (Å²) in [5.74, 6) is -1.67. The van der Waals surface area contributed by atoms with Crippen molar-refractivity contribution < 1.29 is 33.0 Å². The van der Waals surface area contributed by atoms with Crippen molar-refractivity contribution in [2.75, 3.05) is 36.1 Å². The molecular formula is C33H32ClFN4O6. The van der Waals surface area contributed by atoms with E-state index in [1.54, 1.807) is 47.4 Å². The molecule has 10 nitrogen and oxygen atoms in total. The highest BCUT2D eigenvalue weighted by atomic mass is 35.5. The van der Waals surface area contributed by atoms with Gasteiger partial charge in [-0.3, -0.25) is 20.2 Å². The van der Waals surface area contributed by atoms with Gasteiger partial charge >= 0.3 is 12.2 Å². The van der Waals surface area contributed by atoms with Crippen LogP contribution in [0.15, 0.2) is 54.6 Å². The van der Waals surface area contributed by atoms with Gasteiger partial charge in [0.1, 0.15) is 5.82 Å². The summed E-state index contributed by atoms with van der Waals surface area (Å²) >= 11 is 6.32. The summed E-state index contributed by atoms with van der Waals surface area (Å²) in [7, 11) is 1.24. The van der Waals surface area contributed by atoms with Crippen LogP contribution in [0.2, 0.25) is 5.02 Å². The molecule has 0 radical (unpaired) electrons. The fraction of sp³-hybridized carbons (Fsp3) is 0.333. The normalized spacial score (nSPS) is 21.1. The second-order valence-corrected chi connectivity index (χ2v) is 12.0. The van der Waals surface area contributed by atoms with Crippen LogP contribution in [-0.4, -0.2) is 49.1 Å². The molecule has 0 saturated carbocycles. The molecule has 234 valence electrons. The molecule has 3 heterocycles. The van der Waals surface area contributed by atoms with Gasteiger partial charge in [0.2, 0.25) is 11.8 Å². The lowest BCUT2D eigenvalue weighted by molar-refractivity contribution is -0.141. The number of carbonyl (C=O) groups is 4. The third kappa shape index (κ3) is 6.30. The molecule has 2 atom stereocenters. The van der Waals surface area contributed by atoms with Gasteiger partial charge in [-0.15, -0.1) is 0 Å². The number of amides is 4. The number of ether oxygens (including phenoxy) is 2. The summed E-state index contributed by atoms with van der Waals surface area (Å²) in [5.41, 5.74) is 2.51. The molecule has 3 aliphatic rings. The van der Waals surface area contributed by atoms with Gasteiger partial charge in [-0.1, -0.05) is 30.2 Å². The van der Waals surface area contributed by atoms with Crippen LogP contribution < -0.4 is 16.0 Å². The second-order valence-electron chi connectivity index (χ2n) is 11.6. The van der Waals surface area contributed by atoms with Gasteiger partial charge in [0.15, 0.2) is 5.60 Å². The Morgan fingerprint density at radius 2 is 1.89 bits per heavy atom. The smallest absolute Gasteiger partial charge is 0.412 e. The third-order valence-electron chi connectivity index (χ3n) is 8.57. The first-order valence-electron chi connectivity index (χ1n) is 14.8. The van der Waals surface area contributed by atoms with E-state index in [0.29, 0.717) is 83.0 Å². The van der Waals surface area contributed by atoms with Crippen LogP contribution in [0, 0.1) is 5.82 Å². The zero-order valence-corrected chi connectivity index (χ0v) is 25.3. The molecule has 1 saturated heterocycles. The van der Waals surface area contributed by atoms with Crippen molar-refractivity contribution in [3.8, 4) is 11.1 Å². The van der Waals surface area contributed by atoms with Crippen molar-refractivity contribution in [1.29, 1.82) is 0 Å². The Balaban J connectivity index is 1.36. The molecule has 3 N–H and O–H groups in total. The highest BCUT2D eigenvalue weighted by molar-refractivity contribution is 6.30. The Kier molecular flexibility index (Phi) is 8.37. The van der Waals surface area contributed by atoms with E-state index in [2.05, 4.69) is 20.7 Å². The van der Waals surface area contributed by atoms with Gasteiger partial charge in [0, 0.05) is 34.8 Å². The molecule has 45 heavy (non-hydrogen) atoms. The van der Waals surface area contributed by atoms with Crippen molar-refractivity contribution in [3.05, 3.63) is 76.6 Å². The summed E-state index contributed by atoms with van der Waals surface area (Å²) in [5, 5.41) is 8.67. The first kappa shape index (κ1) is 30.4. The summed E-state index contributed by atoms with van der Waals surface area (Å²) < 4.78 is 25.9. The van der Waals surface area contributed by atoms with Crippen LogP contribution in [0.25, 0.3) is 11.1 Å². The molecule has 6 rings (SSSR count). The minimum absolute atomic E-state index is 0.131. The molecule has 12 heteroatoms. The van der Waals surface area contributed by atoms with Gasteiger partial charge in [0.25, 0.3) is 0 Å². The Morgan fingerprint density at radius 1 is 1.04 bits per heavy atom. The Labute approximate surface area is 264 Å². The topological polar surface area (TPSA) is 126 Å². The maximum Gasteiger partial charge on any atom is 0.412 e. The predicted octanol–water partition coefficient (Wildman–Crippen LogP) is 7.00. The predicted molar refractivity (Wildman–Crippen MR) is 167 cm³/mol. The van der Waals surface area contributed by atoms with E-state index in [1.807, 2.05) is 0 Å². The lowest BCUT2D eigenvalue weighted by Crippen LogP contribution is -2.54. The molecule has 0 aromatic heterocycles. The van der Waals surface area contributed by atoms with Crippen molar-refractivity contribution in [1.82, 2.24) is 4.90 Å². The summed E-state index contributed by atoms with van der Waals surface area (Å²) in [4.78, 5) is 53.3. The van der Waals surface area contributed by atoms with Gasteiger partial charge in [0.05, 0.1) is 30.9 Å². The molecule has 1 fully saturated rings. The average Bonchev–Trinajstić information content (AvgIpc) is 3.00. The van der Waals surface area contributed by atoms with E-state index in [-0.39, 0.29) is 24.8 Å². The largest absolute Gasteiger partial charge is 0.453 e. The molecule has 1 spiro atoms. The number of hydrogen-bond donors (Lipinski definition) is 3. The lowest BCUT2D eigenvalue weighted by atomic mass is 9.82. The molecule has 3 aliphatic heterocycles. The van der Waals surface area contributed by atoms with Gasteiger partial charge in [-0.05, 0) is 79.3 Å². The summed E-state index contributed by atoms with van der Waals surface area (Å²) in [6.45, 7) is 0.577. The van der Waals surface area contributed by atoms with Crippen LogP contribution in [0.1, 0.15) is 55.6 Å². The number of nitrogens with one attached hydrogen (secondary N) is 3. The number of likely N-dealkylation sites (tertiary alicyclic amines) is 1. The Bertz CT molecular complexity index is 1700. The average molecular weight is 635 g/mol. The molecule has 3 aromatic rings. The number of fused-ring (bicyclic) bond motifs is 6. The minimum atomic E-state index is -1.07. The quantitative estimate of drug-likeness (QED) is 0.279. The number of benzene rings is 3. The van der Waals surface area contributed by atoms with Crippen molar-refractivity contribution in [3.63, 3.8) is 0 Å². The number of halogens is 2. The van der Waals surface area contributed by atoms with E-state index in [9.17, 15) is 19.2 Å². The molecule has 3 aromatic carbocycles. The molecule has 0 aliphatic carbocycles. The summed E-state index contributed by atoms with van der Waals surface area (Å²) in [6, 6.07) is 14.5.